The topological polar surface area (TPSA) is 6.48 Å². The van der Waals surface area contributed by atoms with Gasteiger partial charge in [-0.15, -0.1) is 11.3 Å². The molecule has 278 valence electrons. The Kier molecular flexibility index (Phi) is 7.90. The highest BCUT2D eigenvalue weighted by Gasteiger charge is 2.50. The highest BCUT2D eigenvalue weighted by molar-refractivity contribution is 7.99. The van der Waals surface area contributed by atoms with E-state index in [-0.39, 0.29) is 0 Å². The van der Waals surface area contributed by atoms with E-state index in [1.807, 2.05) is 23.1 Å². The van der Waals surface area contributed by atoms with Crippen molar-refractivity contribution in [3.8, 4) is 11.1 Å². The van der Waals surface area contributed by atoms with Crippen molar-refractivity contribution in [3.63, 3.8) is 0 Å². The molecule has 12 rings (SSSR count). The average Bonchev–Trinajstić information content (AvgIpc) is 3.81. The largest absolute Gasteiger partial charge is 0.310 e. The molecule has 0 atom stereocenters. The van der Waals surface area contributed by atoms with Crippen LogP contribution in [0.2, 0.25) is 0 Å². The number of thiophene rings is 1. The Hall–Kier alpha value is -6.85. The lowest BCUT2D eigenvalue weighted by atomic mass is 9.67. The summed E-state index contributed by atoms with van der Waals surface area (Å²) in [5.41, 5.74) is 14.5. The molecular weight excluding hydrogens is 753 g/mol. The van der Waals surface area contributed by atoms with Crippen LogP contribution in [0.1, 0.15) is 22.3 Å². The summed E-state index contributed by atoms with van der Waals surface area (Å²) in [7, 11) is 0. The smallest absolute Gasteiger partial charge is 0.0735 e. The molecule has 9 aromatic carbocycles. The lowest BCUT2D eigenvalue weighted by molar-refractivity contribution is 0.722. The first-order valence-electron chi connectivity index (χ1n) is 20.1. The number of benzene rings is 9. The highest BCUT2D eigenvalue weighted by Crippen LogP contribution is 2.62. The van der Waals surface area contributed by atoms with Crippen LogP contribution in [0.5, 0.6) is 0 Å². The molecule has 2 heterocycles. The molecule has 0 radical (unpaired) electrons. The zero-order chi connectivity index (χ0) is 38.9. The van der Waals surface area contributed by atoms with Crippen LogP contribution in [-0.4, -0.2) is 0 Å². The number of hydrogen-bond donors (Lipinski definition) is 0. The van der Waals surface area contributed by atoms with Crippen molar-refractivity contribution in [2.75, 3.05) is 9.80 Å². The molecule has 1 spiro atoms. The van der Waals surface area contributed by atoms with Gasteiger partial charge in [0.1, 0.15) is 0 Å². The molecule has 1 aromatic heterocycles. The second-order valence-electron chi connectivity index (χ2n) is 15.3. The molecule has 59 heavy (non-hydrogen) atoms. The van der Waals surface area contributed by atoms with E-state index in [2.05, 4.69) is 228 Å². The van der Waals surface area contributed by atoms with E-state index in [0.29, 0.717) is 0 Å². The first-order valence-corrected chi connectivity index (χ1v) is 21.7. The molecule has 0 N–H and O–H groups in total. The normalized spacial score (nSPS) is 13.2. The summed E-state index contributed by atoms with van der Waals surface area (Å²) in [6.07, 6.45) is 0. The van der Waals surface area contributed by atoms with E-state index in [9.17, 15) is 0 Å². The van der Waals surface area contributed by atoms with Crippen LogP contribution < -0.4 is 9.80 Å². The van der Waals surface area contributed by atoms with Crippen LogP contribution in [0, 0.1) is 0 Å². The van der Waals surface area contributed by atoms with Gasteiger partial charge >= 0.3 is 0 Å². The van der Waals surface area contributed by atoms with E-state index in [1.54, 1.807) is 0 Å². The predicted octanol–water partition coefficient (Wildman–Crippen LogP) is 15.8. The summed E-state index contributed by atoms with van der Waals surface area (Å²) in [6, 6.07) is 80.3. The van der Waals surface area contributed by atoms with Crippen LogP contribution in [0.25, 0.3) is 31.3 Å². The van der Waals surface area contributed by atoms with Gasteiger partial charge in [-0.2, -0.15) is 0 Å². The standard InChI is InChI=1S/C55H36N2S2/c1-4-16-37(17-5-1)56(38-18-6-2-7-19-38)40-30-33-51-46(34-40)45-31-28-41(35-53(45)58-51)57(39-20-8-3-9-21-39)42-29-32-50-54(36-42)59-52-27-15-14-26-49(52)55(50)47-24-12-10-22-43(47)44-23-11-13-25-48(44)55/h1-36H. The van der Waals surface area contributed by atoms with Crippen molar-refractivity contribution in [3.05, 3.63) is 241 Å². The van der Waals surface area contributed by atoms with Crippen LogP contribution in [-0.2, 0) is 5.41 Å². The van der Waals surface area contributed by atoms with Gasteiger partial charge in [0.2, 0.25) is 0 Å². The van der Waals surface area contributed by atoms with Gasteiger partial charge in [0, 0.05) is 64.1 Å². The lowest BCUT2D eigenvalue weighted by Crippen LogP contribution is -2.32. The number of anilines is 6. The van der Waals surface area contributed by atoms with Crippen LogP contribution in [0.15, 0.2) is 228 Å². The Morgan fingerprint density at radius 1 is 0.305 bits per heavy atom. The molecule has 10 aromatic rings. The fourth-order valence-electron chi connectivity index (χ4n) is 9.65. The summed E-state index contributed by atoms with van der Waals surface area (Å²) in [6.45, 7) is 0. The maximum atomic E-state index is 2.43. The molecule has 4 heteroatoms. The number of fused-ring (bicyclic) bond motifs is 12. The summed E-state index contributed by atoms with van der Waals surface area (Å²) >= 11 is 3.75. The summed E-state index contributed by atoms with van der Waals surface area (Å²) in [4.78, 5) is 7.35. The Bertz CT molecular complexity index is 3120. The average molecular weight is 789 g/mol. The van der Waals surface area contributed by atoms with Crippen molar-refractivity contribution in [1.29, 1.82) is 0 Å². The Morgan fingerprint density at radius 3 is 1.42 bits per heavy atom. The molecule has 0 unspecified atom stereocenters. The zero-order valence-corrected chi connectivity index (χ0v) is 33.6. The van der Waals surface area contributed by atoms with Gasteiger partial charge in [0.05, 0.1) is 5.41 Å². The summed E-state index contributed by atoms with van der Waals surface area (Å²) < 4.78 is 2.54. The van der Waals surface area contributed by atoms with Crippen molar-refractivity contribution >= 4 is 77.4 Å². The monoisotopic (exact) mass is 788 g/mol. The molecular formula is C55H36N2S2. The summed E-state index contributed by atoms with van der Waals surface area (Å²) in [5.74, 6) is 0. The highest BCUT2D eigenvalue weighted by atomic mass is 32.2. The molecule has 2 nitrogen and oxygen atoms in total. The summed E-state index contributed by atoms with van der Waals surface area (Å²) in [5, 5.41) is 2.53. The molecule has 0 bridgehead atoms. The Morgan fingerprint density at radius 2 is 0.780 bits per heavy atom. The van der Waals surface area contributed by atoms with E-state index in [0.717, 1.165) is 34.1 Å². The number of hydrogen-bond acceptors (Lipinski definition) is 4. The van der Waals surface area contributed by atoms with Crippen molar-refractivity contribution in [2.24, 2.45) is 0 Å². The molecule has 0 fully saturated rings. The van der Waals surface area contributed by atoms with Crippen molar-refractivity contribution in [1.82, 2.24) is 0 Å². The minimum Gasteiger partial charge on any atom is -0.310 e. The molecule has 1 aliphatic carbocycles. The third-order valence-electron chi connectivity index (χ3n) is 12.1. The van der Waals surface area contributed by atoms with Crippen molar-refractivity contribution in [2.45, 2.75) is 15.2 Å². The Labute approximate surface area is 352 Å². The third-order valence-corrected chi connectivity index (χ3v) is 14.4. The number of nitrogens with zero attached hydrogens (tertiary/aromatic N) is 2. The molecule has 1 aliphatic heterocycles. The van der Waals surface area contributed by atoms with E-state index in [4.69, 9.17) is 0 Å². The second kappa shape index (κ2) is 13.6. The first-order chi connectivity index (χ1) is 29.3. The molecule has 0 saturated heterocycles. The van der Waals surface area contributed by atoms with Gasteiger partial charge in [0.15, 0.2) is 0 Å². The second-order valence-corrected chi connectivity index (χ2v) is 17.4. The van der Waals surface area contributed by atoms with E-state index >= 15 is 0 Å². The van der Waals surface area contributed by atoms with E-state index < -0.39 is 5.41 Å². The lowest BCUT2D eigenvalue weighted by Gasteiger charge is -2.40. The van der Waals surface area contributed by atoms with Gasteiger partial charge in [-0.1, -0.05) is 145 Å². The number of para-hydroxylation sites is 3. The Balaban J connectivity index is 1.01. The van der Waals surface area contributed by atoms with Gasteiger partial charge in [-0.05, 0) is 118 Å². The fraction of sp³-hybridized carbons (Fsp3) is 0.0182. The molecule has 0 amide bonds. The van der Waals surface area contributed by atoms with Crippen LogP contribution >= 0.6 is 23.1 Å². The van der Waals surface area contributed by atoms with Crippen LogP contribution in [0.3, 0.4) is 0 Å². The van der Waals surface area contributed by atoms with E-state index in [1.165, 1.54) is 63.3 Å². The minimum atomic E-state index is -0.397. The number of rotatable bonds is 6. The van der Waals surface area contributed by atoms with Crippen molar-refractivity contribution < 1.29 is 0 Å². The molecule has 0 saturated carbocycles. The van der Waals surface area contributed by atoms with Gasteiger partial charge in [-0.3, -0.25) is 0 Å². The van der Waals surface area contributed by atoms with Gasteiger partial charge in [-0.25, -0.2) is 0 Å². The molecule has 2 aliphatic rings. The van der Waals surface area contributed by atoms with Crippen LogP contribution in [0.4, 0.5) is 34.1 Å². The quantitative estimate of drug-likeness (QED) is 0.166. The predicted molar refractivity (Wildman–Crippen MR) is 250 cm³/mol. The zero-order valence-electron chi connectivity index (χ0n) is 32.0. The third kappa shape index (κ3) is 5.27. The van der Waals surface area contributed by atoms with Gasteiger partial charge in [0.25, 0.3) is 0 Å². The maximum absolute atomic E-state index is 2.43. The van der Waals surface area contributed by atoms with Gasteiger partial charge < -0.3 is 9.80 Å². The fourth-order valence-corrected chi connectivity index (χ4v) is 12.0. The minimum absolute atomic E-state index is 0.397. The SMILES string of the molecule is c1ccc(N(c2ccc3c(c2)Sc2ccccc2C32c3ccccc3-c3ccccc32)c2ccc3c(c2)sc2ccc(N(c4ccccc4)c4ccccc4)cc23)cc1. The maximum Gasteiger partial charge on any atom is 0.0735 e. The first kappa shape index (κ1) is 34.2.